The number of aromatic nitrogens is 1. The second kappa shape index (κ2) is 5.48. The Morgan fingerprint density at radius 3 is 2.82 bits per heavy atom. The molecule has 2 aromatic rings. The van der Waals surface area contributed by atoms with Gasteiger partial charge in [-0.15, -0.1) is 0 Å². The lowest BCUT2D eigenvalue weighted by atomic mass is 10.0. The van der Waals surface area contributed by atoms with E-state index in [1.807, 2.05) is 31.0 Å². The van der Waals surface area contributed by atoms with Gasteiger partial charge in [0.15, 0.2) is 0 Å². The average molecular weight is 299 g/mol. The summed E-state index contributed by atoms with van der Waals surface area (Å²) in [5.74, 6) is -0.182. The zero-order valence-corrected chi connectivity index (χ0v) is 13.0. The molecule has 0 saturated carbocycles. The maximum Gasteiger partial charge on any atom is 0.259 e. The van der Waals surface area contributed by atoms with Crippen molar-refractivity contribution in [2.75, 3.05) is 12.3 Å². The van der Waals surface area contributed by atoms with Crippen LogP contribution in [0, 0.1) is 0 Å². The minimum absolute atomic E-state index is 0.176. The summed E-state index contributed by atoms with van der Waals surface area (Å²) in [6.07, 6.45) is 4.75. The van der Waals surface area contributed by atoms with Gasteiger partial charge in [0.2, 0.25) is 5.43 Å². The van der Waals surface area contributed by atoms with Gasteiger partial charge in [0.05, 0.1) is 10.9 Å². The zero-order chi connectivity index (χ0) is 15.9. The van der Waals surface area contributed by atoms with E-state index >= 15 is 0 Å². The van der Waals surface area contributed by atoms with E-state index in [0.29, 0.717) is 17.6 Å². The molecule has 1 aliphatic heterocycles. The highest BCUT2D eigenvalue weighted by Crippen LogP contribution is 2.21. The molecule has 1 saturated heterocycles. The van der Waals surface area contributed by atoms with Crippen LogP contribution in [0.1, 0.15) is 36.5 Å². The quantitative estimate of drug-likeness (QED) is 0.820. The van der Waals surface area contributed by atoms with Crippen LogP contribution in [0.3, 0.4) is 0 Å². The van der Waals surface area contributed by atoms with Crippen LogP contribution < -0.4 is 11.2 Å². The van der Waals surface area contributed by atoms with Crippen molar-refractivity contribution in [3.8, 4) is 0 Å². The first-order valence-corrected chi connectivity index (χ1v) is 7.69. The molecule has 1 aromatic heterocycles. The predicted molar refractivity (Wildman–Crippen MR) is 88.0 cm³/mol. The van der Waals surface area contributed by atoms with E-state index in [2.05, 4.69) is 0 Å². The molecule has 5 nitrogen and oxygen atoms in total. The van der Waals surface area contributed by atoms with Crippen molar-refractivity contribution in [3.05, 3.63) is 40.2 Å². The fourth-order valence-corrected chi connectivity index (χ4v) is 3.26. The van der Waals surface area contributed by atoms with E-state index in [4.69, 9.17) is 5.73 Å². The Hall–Kier alpha value is -2.30. The highest BCUT2D eigenvalue weighted by Gasteiger charge is 2.27. The Bertz CT molecular complexity index is 794. The second-order valence-corrected chi connectivity index (χ2v) is 6.07. The fraction of sp³-hybridized carbons (Fsp3) is 0.412. The van der Waals surface area contributed by atoms with Crippen LogP contribution in [-0.4, -0.2) is 28.0 Å². The first kappa shape index (κ1) is 14.6. The summed E-state index contributed by atoms with van der Waals surface area (Å²) >= 11 is 0. The lowest BCUT2D eigenvalue weighted by molar-refractivity contribution is 0.0633. The summed E-state index contributed by atoms with van der Waals surface area (Å²) in [6.45, 7) is 2.75. The molecule has 3 rings (SSSR count). The number of carbonyl (C=O) groups is 1. The number of aryl methyl sites for hydroxylation is 1. The van der Waals surface area contributed by atoms with Gasteiger partial charge in [-0.1, -0.05) is 6.07 Å². The van der Waals surface area contributed by atoms with Gasteiger partial charge in [0.25, 0.3) is 5.91 Å². The van der Waals surface area contributed by atoms with Gasteiger partial charge in [-0.2, -0.15) is 0 Å². The number of pyridine rings is 1. The molecule has 1 aliphatic rings. The van der Waals surface area contributed by atoms with E-state index in [1.165, 1.54) is 0 Å². The number of anilines is 1. The van der Waals surface area contributed by atoms with E-state index < -0.39 is 0 Å². The van der Waals surface area contributed by atoms with Gasteiger partial charge in [0, 0.05) is 31.5 Å². The molecule has 116 valence electrons. The number of hydrogen-bond donors (Lipinski definition) is 1. The van der Waals surface area contributed by atoms with Crippen LogP contribution in [0.4, 0.5) is 5.69 Å². The molecule has 5 heteroatoms. The minimum atomic E-state index is -0.269. The van der Waals surface area contributed by atoms with Crippen LogP contribution in [-0.2, 0) is 7.05 Å². The number of nitrogen functional groups attached to an aromatic ring is 1. The van der Waals surface area contributed by atoms with E-state index in [9.17, 15) is 9.59 Å². The van der Waals surface area contributed by atoms with Crippen LogP contribution in [0.5, 0.6) is 0 Å². The molecule has 2 heterocycles. The van der Waals surface area contributed by atoms with Crippen LogP contribution in [0.25, 0.3) is 10.9 Å². The third-order valence-electron chi connectivity index (χ3n) is 4.54. The van der Waals surface area contributed by atoms with Crippen molar-refractivity contribution in [3.63, 3.8) is 0 Å². The number of piperidine rings is 1. The minimum Gasteiger partial charge on any atom is -0.398 e. The van der Waals surface area contributed by atoms with Crippen molar-refractivity contribution < 1.29 is 4.79 Å². The number of benzene rings is 1. The number of likely N-dealkylation sites (tertiary alicyclic amines) is 1. The molecular weight excluding hydrogens is 278 g/mol. The third-order valence-corrected chi connectivity index (χ3v) is 4.54. The van der Waals surface area contributed by atoms with Gasteiger partial charge in [-0.3, -0.25) is 9.59 Å². The molecule has 1 fully saturated rings. The normalized spacial score (nSPS) is 18.6. The van der Waals surface area contributed by atoms with E-state index in [-0.39, 0.29) is 22.9 Å². The smallest absolute Gasteiger partial charge is 0.259 e. The lowest BCUT2D eigenvalue weighted by Gasteiger charge is -2.33. The molecule has 22 heavy (non-hydrogen) atoms. The molecule has 0 aliphatic carbocycles. The Labute approximate surface area is 129 Å². The second-order valence-electron chi connectivity index (χ2n) is 6.07. The van der Waals surface area contributed by atoms with Gasteiger partial charge in [-0.05, 0) is 38.3 Å². The number of rotatable bonds is 1. The zero-order valence-electron chi connectivity index (χ0n) is 13.0. The maximum atomic E-state index is 12.8. The summed E-state index contributed by atoms with van der Waals surface area (Å²) in [4.78, 5) is 27.4. The number of nitrogens with zero attached hydrogens (tertiary/aromatic N) is 2. The number of carbonyl (C=O) groups excluding carboxylic acids is 1. The highest BCUT2D eigenvalue weighted by atomic mass is 16.2. The van der Waals surface area contributed by atoms with Crippen LogP contribution in [0.2, 0.25) is 0 Å². The average Bonchev–Trinajstić information content (AvgIpc) is 2.50. The molecule has 0 radical (unpaired) electrons. The fourth-order valence-electron chi connectivity index (χ4n) is 3.26. The summed E-state index contributed by atoms with van der Waals surface area (Å²) < 4.78 is 1.80. The summed E-state index contributed by atoms with van der Waals surface area (Å²) in [6, 6.07) is 5.52. The third kappa shape index (κ3) is 2.26. The summed E-state index contributed by atoms with van der Waals surface area (Å²) in [7, 11) is 1.83. The largest absolute Gasteiger partial charge is 0.398 e. The van der Waals surface area contributed by atoms with Crippen LogP contribution in [0.15, 0.2) is 29.2 Å². The first-order chi connectivity index (χ1) is 10.5. The molecular formula is C17H21N3O2. The van der Waals surface area contributed by atoms with Crippen LogP contribution >= 0.6 is 0 Å². The Balaban J connectivity index is 2.15. The van der Waals surface area contributed by atoms with Crippen molar-refractivity contribution in [1.82, 2.24) is 9.47 Å². The standard InChI is InChI=1S/C17H21N3O2/c1-11-6-3-4-9-20(11)17(22)12-10-19(2)14-8-5-7-13(18)15(14)16(12)21/h5,7-8,10-11H,3-4,6,9,18H2,1-2H3. The maximum absolute atomic E-state index is 12.8. The van der Waals surface area contributed by atoms with Gasteiger partial charge in [-0.25, -0.2) is 0 Å². The lowest BCUT2D eigenvalue weighted by Crippen LogP contribution is -2.43. The van der Waals surface area contributed by atoms with E-state index in [0.717, 1.165) is 24.8 Å². The molecule has 1 amide bonds. The number of hydrogen-bond acceptors (Lipinski definition) is 3. The summed E-state index contributed by atoms with van der Waals surface area (Å²) in [5.41, 5.74) is 7.06. The monoisotopic (exact) mass is 299 g/mol. The summed E-state index contributed by atoms with van der Waals surface area (Å²) in [5, 5.41) is 0.431. The van der Waals surface area contributed by atoms with Crippen molar-refractivity contribution in [2.45, 2.75) is 32.2 Å². The van der Waals surface area contributed by atoms with Crippen molar-refractivity contribution in [1.29, 1.82) is 0 Å². The molecule has 0 spiro atoms. The molecule has 1 atom stereocenters. The Morgan fingerprint density at radius 1 is 1.32 bits per heavy atom. The number of fused-ring (bicyclic) bond motifs is 1. The molecule has 2 N–H and O–H groups in total. The molecule has 1 aromatic carbocycles. The van der Waals surface area contributed by atoms with Crippen molar-refractivity contribution >= 4 is 22.5 Å². The van der Waals surface area contributed by atoms with Gasteiger partial charge >= 0.3 is 0 Å². The van der Waals surface area contributed by atoms with Gasteiger partial charge < -0.3 is 15.2 Å². The SMILES string of the molecule is CC1CCCCN1C(=O)c1cn(C)c2cccc(N)c2c1=O. The Morgan fingerprint density at radius 2 is 2.09 bits per heavy atom. The number of nitrogens with two attached hydrogens (primary N) is 1. The molecule has 0 bridgehead atoms. The Kier molecular flexibility index (Phi) is 3.64. The first-order valence-electron chi connectivity index (χ1n) is 7.69. The highest BCUT2D eigenvalue weighted by molar-refractivity contribution is 6.00. The topological polar surface area (TPSA) is 68.3 Å². The number of amides is 1. The van der Waals surface area contributed by atoms with Gasteiger partial charge in [0.1, 0.15) is 5.56 Å². The van der Waals surface area contributed by atoms with Crippen molar-refractivity contribution in [2.24, 2.45) is 7.05 Å². The van der Waals surface area contributed by atoms with E-state index in [1.54, 1.807) is 16.8 Å². The molecule has 1 unspecified atom stereocenters. The predicted octanol–water partition coefficient (Wildman–Crippen LogP) is 2.14.